The maximum atomic E-state index is 11.2. The molecular weight excluding hydrogens is 244 g/mol. The standard InChI is InChI=1S/C14H22N2O3/c1-5-10(3)15(6-2)13-8-7-12(11(4)17)9-14(13)16(18)19/h7-11,17H,5-6H2,1-4H3/t10?,11-/m0/s1. The highest BCUT2D eigenvalue weighted by Crippen LogP contribution is 2.32. The van der Waals surface area contributed by atoms with E-state index in [2.05, 4.69) is 13.8 Å². The molecule has 5 nitrogen and oxygen atoms in total. The SMILES string of the molecule is CCC(C)N(CC)c1ccc([C@H](C)O)cc1[N+](=O)[O-]. The maximum Gasteiger partial charge on any atom is 0.292 e. The molecule has 1 unspecified atom stereocenters. The van der Waals surface area contributed by atoms with Gasteiger partial charge in [0.2, 0.25) is 0 Å². The summed E-state index contributed by atoms with van der Waals surface area (Å²) in [5.74, 6) is 0. The van der Waals surface area contributed by atoms with Gasteiger partial charge in [0.05, 0.1) is 11.0 Å². The monoisotopic (exact) mass is 266 g/mol. The Morgan fingerprint density at radius 3 is 2.42 bits per heavy atom. The number of hydrogen-bond acceptors (Lipinski definition) is 4. The minimum atomic E-state index is -0.702. The fraction of sp³-hybridized carbons (Fsp3) is 0.571. The Balaban J connectivity index is 3.29. The largest absolute Gasteiger partial charge is 0.389 e. The van der Waals surface area contributed by atoms with Crippen LogP contribution in [-0.4, -0.2) is 22.6 Å². The molecule has 1 aromatic rings. The predicted molar refractivity (Wildman–Crippen MR) is 76.5 cm³/mol. The second kappa shape index (κ2) is 6.52. The topological polar surface area (TPSA) is 66.6 Å². The van der Waals surface area contributed by atoms with E-state index in [-0.39, 0.29) is 16.7 Å². The molecule has 0 fully saturated rings. The summed E-state index contributed by atoms with van der Waals surface area (Å²) in [4.78, 5) is 12.9. The smallest absolute Gasteiger partial charge is 0.292 e. The van der Waals surface area contributed by atoms with E-state index < -0.39 is 6.10 Å². The highest BCUT2D eigenvalue weighted by Gasteiger charge is 2.22. The first-order chi connectivity index (χ1) is 8.92. The third-order valence-corrected chi connectivity index (χ3v) is 3.45. The van der Waals surface area contributed by atoms with E-state index in [9.17, 15) is 15.2 Å². The normalized spacial score (nSPS) is 13.9. The molecule has 0 aliphatic carbocycles. The van der Waals surface area contributed by atoms with Gasteiger partial charge in [-0.2, -0.15) is 0 Å². The van der Waals surface area contributed by atoms with Crippen LogP contribution in [0.4, 0.5) is 11.4 Å². The van der Waals surface area contributed by atoms with Crippen LogP contribution < -0.4 is 4.90 Å². The Bertz CT molecular complexity index is 446. The molecule has 0 heterocycles. The fourth-order valence-electron chi connectivity index (χ4n) is 2.13. The molecular formula is C14H22N2O3. The van der Waals surface area contributed by atoms with E-state index >= 15 is 0 Å². The van der Waals surface area contributed by atoms with Crippen LogP contribution in [0.1, 0.15) is 45.8 Å². The molecule has 0 spiro atoms. The number of aliphatic hydroxyl groups is 1. The number of hydrogen-bond donors (Lipinski definition) is 1. The highest BCUT2D eigenvalue weighted by atomic mass is 16.6. The lowest BCUT2D eigenvalue weighted by Gasteiger charge is -2.29. The molecule has 1 aromatic carbocycles. The van der Waals surface area contributed by atoms with Gasteiger partial charge in [0.15, 0.2) is 0 Å². The molecule has 0 radical (unpaired) electrons. The molecule has 2 atom stereocenters. The van der Waals surface area contributed by atoms with Gasteiger partial charge in [0.25, 0.3) is 5.69 Å². The molecule has 0 amide bonds. The Labute approximate surface area is 114 Å². The van der Waals surface area contributed by atoms with Crippen LogP contribution in [-0.2, 0) is 0 Å². The van der Waals surface area contributed by atoms with Gasteiger partial charge in [-0.1, -0.05) is 13.0 Å². The zero-order chi connectivity index (χ0) is 14.6. The van der Waals surface area contributed by atoms with Crippen molar-refractivity contribution in [1.82, 2.24) is 0 Å². The lowest BCUT2D eigenvalue weighted by molar-refractivity contribution is -0.384. The molecule has 5 heteroatoms. The van der Waals surface area contributed by atoms with Crippen molar-refractivity contribution in [2.24, 2.45) is 0 Å². The number of benzene rings is 1. The highest BCUT2D eigenvalue weighted by molar-refractivity contribution is 5.65. The summed E-state index contributed by atoms with van der Waals surface area (Å²) in [5.41, 5.74) is 1.24. The second-order valence-electron chi connectivity index (χ2n) is 4.72. The van der Waals surface area contributed by atoms with Crippen molar-refractivity contribution in [3.8, 4) is 0 Å². The van der Waals surface area contributed by atoms with E-state index in [1.54, 1.807) is 19.1 Å². The van der Waals surface area contributed by atoms with Gasteiger partial charge in [0, 0.05) is 18.7 Å². The van der Waals surface area contributed by atoms with Crippen molar-refractivity contribution in [1.29, 1.82) is 0 Å². The molecule has 1 N–H and O–H groups in total. The average Bonchev–Trinajstić information content (AvgIpc) is 2.39. The average molecular weight is 266 g/mol. The summed E-state index contributed by atoms with van der Waals surface area (Å²) in [6, 6.07) is 5.18. The van der Waals surface area contributed by atoms with Gasteiger partial charge in [-0.15, -0.1) is 0 Å². The summed E-state index contributed by atoms with van der Waals surface area (Å²) in [6.45, 7) is 8.41. The first-order valence-electron chi connectivity index (χ1n) is 6.65. The zero-order valence-corrected chi connectivity index (χ0v) is 12.0. The van der Waals surface area contributed by atoms with Gasteiger partial charge in [-0.25, -0.2) is 0 Å². The summed E-state index contributed by atoms with van der Waals surface area (Å²) in [5, 5.41) is 20.8. The number of rotatable bonds is 6. The summed E-state index contributed by atoms with van der Waals surface area (Å²) >= 11 is 0. The van der Waals surface area contributed by atoms with E-state index in [0.717, 1.165) is 6.42 Å². The molecule has 0 aliphatic rings. The predicted octanol–water partition coefficient (Wildman–Crippen LogP) is 3.27. The van der Waals surface area contributed by atoms with Crippen LogP contribution in [0.25, 0.3) is 0 Å². The van der Waals surface area contributed by atoms with Crippen molar-refractivity contribution < 1.29 is 10.0 Å². The van der Waals surface area contributed by atoms with Crippen LogP contribution in [0.15, 0.2) is 18.2 Å². The van der Waals surface area contributed by atoms with E-state index in [0.29, 0.717) is 17.8 Å². The second-order valence-corrected chi connectivity index (χ2v) is 4.72. The Morgan fingerprint density at radius 2 is 2.00 bits per heavy atom. The first kappa shape index (κ1) is 15.4. The summed E-state index contributed by atoms with van der Waals surface area (Å²) in [7, 11) is 0. The van der Waals surface area contributed by atoms with Gasteiger partial charge < -0.3 is 10.0 Å². The quantitative estimate of drug-likeness (QED) is 0.634. The van der Waals surface area contributed by atoms with Crippen molar-refractivity contribution in [3.05, 3.63) is 33.9 Å². The van der Waals surface area contributed by atoms with Crippen LogP contribution in [0.2, 0.25) is 0 Å². The molecule has 1 rings (SSSR count). The van der Waals surface area contributed by atoms with Crippen molar-refractivity contribution in [2.45, 2.75) is 46.3 Å². The third-order valence-electron chi connectivity index (χ3n) is 3.45. The van der Waals surface area contributed by atoms with Gasteiger partial charge in [-0.05, 0) is 38.8 Å². The Morgan fingerprint density at radius 1 is 1.37 bits per heavy atom. The molecule has 0 aliphatic heterocycles. The van der Waals surface area contributed by atoms with E-state index in [1.165, 1.54) is 6.07 Å². The van der Waals surface area contributed by atoms with Crippen LogP contribution in [0.3, 0.4) is 0 Å². The number of aliphatic hydroxyl groups excluding tert-OH is 1. The zero-order valence-electron chi connectivity index (χ0n) is 12.0. The molecule has 19 heavy (non-hydrogen) atoms. The number of nitrogens with zero attached hydrogens (tertiary/aromatic N) is 2. The van der Waals surface area contributed by atoms with E-state index in [1.807, 2.05) is 11.8 Å². The van der Waals surface area contributed by atoms with Crippen LogP contribution >= 0.6 is 0 Å². The maximum absolute atomic E-state index is 11.2. The third kappa shape index (κ3) is 3.44. The van der Waals surface area contributed by atoms with E-state index in [4.69, 9.17) is 0 Å². The molecule has 0 bridgehead atoms. The Hall–Kier alpha value is -1.62. The van der Waals surface area contributed by atoms with Gasteiger partial charge >= 0.3 is 0 Å². The van der Waals surface area contributed by atoms with Crippen molar-refractivity contribution in [3.63, 3.8) is 0 Å². The van der Waals surface area contributed by atoms with Crippen LogP contribution in [0.5, 0.6) is 0 Å². The fourth-order valence-corrected chi connectivity index (χ4v) is 2.13. The molecule has 0 saturated carbocycles. The lowest BCUT2D eigenvalue weighted by atomic mass is 10.1. The Kier molecular flexibility index (Phi) is 5.30. The van der Waals surface area contributed by atoms with Gasteiger partial charge in [-0.3, -0.25) is 10.1 Å². The molecule has 106 valence electrons. The minimum Gasteiger partial charge on any atom is -0.389 e. The summed E-state index contributed by atoms with van der Waals surface area (Å²) in [6.07, 6.45) is 0.217. The number of nitro benzene ring substituents is 1. The number of nitro groups is 1. The number of anilines is 1. The van der Waals surface area contributed by atoms with Crippen LogP contribution in [0, 0.1) is 10.1 Å². The molecule has 0 aromatic heterocycles. The minimum absolute atomic E-state index is 0.0561. The van der Waals surface area contributed by atoms with Crippen molar-refractivity contribution in [2.75, 3.05) is 11.4 Å². The lowest BCUT2D eigenvalue weighted by Crippen LogP contribution is -2.32. The van der Waals surface area contributed by atoms with Gasteiger partial charge in [0.1, 0.15) is 5.69 Å². The van der Waals surface area contributed by atoms with Crippen molar-refractivity contribution >= 4 is 11.4 Å². The summed E-state index contributed by atoms with van der Waals surface area (Å²) < 4.78 is 0. The first-order valence-corrected chi connectivity index (χ1v) is 6.65. The molecule has 0 saturated heterocycles.